The van der Waals surface area contributed by atoms with Gasteiger partial charge in [-0.25, -0.2) is 4.68 Å². The summed E-state index contributed by atoms with van der Waals surface area (Å²) < 4.78 is 13.4. The molecule has 0 radical (unpaired) electrons. The van der Waals surface area contributed by atoms with Crippen LogP contribution in [0.1, 0.15) is 30.5 Å². The van der Waals surface area contributed by atoms with E-state index in [9.17, 15) is 4.79 Å². The number of hydrogen-bond acceptors (Lipinski definition) is 5. The lowest BCUT2D eigenvalue weighted by atomic mass is 10.0. The molecule has 1 aromatic heterocycles. The van der Waals surface area contributed by atoms with Crippen molar-refractivity contribution in [2.45, 2.75) is 26.0 Å². The van der Waals surface area contributed by atoms with E-state index in [1.807, 2.05) is 25.1 Å². The maximum Gasteiger partial charge on any atom is 0.229 e. The smallest absolute Gasteiger partial charge is 0.229 e. The Bertz CT molecular complexity index is 1030. The van der Waals surface area contributed by atoms with Crippen LogP contribution in [0.25, 0.3) is 0 Å². The Hall–Kier alpha value is -2.77. The van der Waals surface area contributed by atoms with E-state index in [-0.39, 0.29) is 25.0 Å². The Morgan fingerprint density at radius 2 is 1.97 bits per heavy atom. The molecule has 0 saturated carbocycles. The molecule has 1 aliphatic heterocycles. The number of nitrogens with one attached hydrogen (secondary N) is 1. The topological polar surface area (TPSA) is 78.3 Å². The lowest BCUT2D eigenvalue weighted by molar-refractivity contribution is -0.117. The molecule has 9 heteroatoms. The van der Waals surface area contributed by atoms with Crippen molar-refractivity contribution in [3.05, 3.63) is 63.9 Å². The quantitative estimate of drug-likeness (QED) is 0.620. The van der Waals surface area contributed by atoms with Crippen molar-refractivity contribution in [3.8, 4) is 11.5 Å². The van der Waals surface area contributed by atoms with Crippen molar-refractivity contribution >= 4 is 35.1 Å². The summed E-state index contributed by atoms with van der Waals surface area (Å²) in [6, 6.07) is 10.6. The normalized spacial score (nSPS) is 15.6. The second kappa shape index (κ2) is 8.31. The third-order valence-electron chi connectivity index (χ3n) is 4.58. The molecule has 150 valence electrons. The minimum absolute atomic E-state index is 0.109. The van der Waals surface area contributed by atoms with E-state index < -0.39 is 0 Å². The Morgan fingerprint density at radius 1 is 1.17 bits per heavy atom. The van der Waals surface area contributed by atoms with Gasteiger partial charge in [-0.1, -0.05) is 35.3 Å². The zero-order chi connectivity index (χ0) is 20.4. The molecule has 2 aromatic carbocycles. The van der Waals surface area contributed by atoms with Crippen molar-refractivity contribution in [1.29, 1.82) is 0 Å². The van der Waals surface area contributed by atoms with Crippen LogP contribution in [0.15, 0.2) is 42.7 Å². The minimum Gasteiger partial charge on any atom is -0.490 e. The monoisotopic (exact) mass is 432 g/mol. The predicted octanol–water partition coefficient (Wildman–Crippen LogP) is 4.49. The maximum atomic E-state index is 12.0. The molecule has 3 aromatic rings. The van der Waals surface area contributed by atoms with Gasteiger partial charge in [-0.05, 0) is 36.8 Å². The van der Waals surface area contributed by atoms with Crippen LogP contribution in [-0.2, 0) is 11.4 Å². The van der Waals surface area contributed by atoms with Crippen molar-refractivity contribution in [3.63, 3.8) is 0 Å². The van der Waals surface area contributed by atoms with Crippen molar-refractivity contribution in [1.82, 2.24) is 14.8 Å². The second-order valence-corrected chi connectivity index (χ2v) is 7.24. The fourth-order valence-corrected chi connectivity index (χ4v) is 3.71. The van der Waals surface area contributed by atoms with E-state index in [0.717, 1.165) is 5.56 Å². The second-order valence-electron chi connectivity index (χ2n) is 6.42. The molecule has 0 aliphatic carbocycles. The molecule has 0 bridgehead atoms. The summed E-state index contributed by atoms with van der Waals surface area (Å²) in [7, 11) is 0. The first kappa shape index (κ1) is 19.5. The fraction of sp³-hybridized carbons (Fsp3) is 0.250. The van der Waals surface area contributed by atoms with Crippen LogP contribution in [0.4, 0.5) is 5.95 Å². The molecular weight excluding hydrogens is 415 g/mol. The first-order valence-corrected chi connectivity index (χ1v) is 9.84. The largest absolute Gasteiger partial charge is 0.490 e. The minimum atomic E-state index is -0.271. The number of benzene rings is 2. The Morgan fingerprint density at radius 3 is 2.72 bits per heavy atom. The highest BCUT2D eigenvalue weighted by Gasteiger charge is 2.28. The summed E-state index contributed by atoms with van der Waals surface area (Å²) in [5, 5.41) is 8.02. The number of rotatable bonds is 6. The Labute approximate surface area is 177 Å². The van der Waals surface area contributed by atoms with Gasteiger partial charge in [-0.15, -0.1) is 0 Å². The SMILES string of the molecule is CCOc1cc([C@@H]2CC(=O)Nc3ncnn32)ccc1OCc1c(Cl)cccc1Cl. The molecule has 0 saturated heterocycles. The highest BCUT2D eigenvalue weighted by molar-refractivity contribution is 6.35. The summed E-state index contributed by atoms with van der Waals surface area (Å²) >= 11 is 12.5. The van der Waals surface area contributed by atoms with E-state index in [1.165, 1.54) is 6.33 Å². The summed E-state index contributed by atoms with van der Waals surface area (Å²) in [6.45, 7) is 2.56. The zero-order valence-corrected chi connectivity index (χ0v) is 17.1. The lowest BCUT2D eigenvalue weighted by Gasteiger charge is -2.24. The molecule has 7 nitrogen and oxygen atoms in total. The van der Waals surface area contributed by atoms with Crippen LogP contribution >= 0.6 is 23.2 Å². The summed E-state index contributed by atoms with van der Waals surface area (Å²) in [6.07, 6.45) is 1.68. The predicted molar refractivity (Wildman–Crippen MR) is 110 cm³/mol. The van der Waals surface area contributed by atoms with E-state index in [0.29, 0.717) is 39.7 Å². The molecule has 0 unspecified atom stereocenters. The van der Waals surface area contributed by atoms with Gasteiger partial charge in [0, 0.05) is 15.6 Å². The molecule has 29 heavy (non-hydrogen) atoms. The third kappa shape index (κ3) is 4.02. The van der Waals surface area contributed by atoms with Gasteiger partial charge in [0.2, 0.25) is 11.9 Å². The number of fused-ring (bicyclic) bond motifs is 1. The third-order valence-corrected chi connectivity index (χ3v) is 5.29. The van der Waals surface area contributed by atoms with Gasteiger partial charge in [0.15, 0.2) is 11.5 Å². The first-order valence-electron chi connectivity index (χ1n) is 9.08. The highest BCUT2D eigenvalue weighted by atomic mass is 35.5. The molecule has 1 N–H and O–H groups in total. The molecule has 1 aliphatic rings. The number of nitrogens with zero attached hydrogens (tertiary/aromatic N) is 3. The van der Waals surface area contributed by atoms with Gasteiger partial charge in [0.25, 0.3) is 0 Å². The average Bonchev–Trinajstić information content (AvgIpc) is 3.16. The molecule has 1 amide bonds. The highest BCUT2D eigenvalue weighted by Crippen LogP contribution is 2.36. The summed E-state index contributed by atoms with van der Waals surface area (Å²) in [4.78, 5) is 16.1. The van der Waals surface area contributed by atoms with Crippen LogP contribution in [-0.4, -0.2) is 27.3 Å². The number of carbonyl (C=O) groups is 1. The van der Waals surface area contributed by atoms with Crippen LogP contribution in [0.5, 0.6) is 11.5 Å². The summed E-state index contributed by atoms with van der Waals surface area (Å²) in [5.74, 6) is 1.45. The van der Waals surface area contributed by atoms with Crippen molar-refractivity contribution in [2.24, 2.45) is 0 Å². The van der Waals surface area contributed by atoms with Gasteiger partial charge in [-0.3, -0.25) is 10.1 Å². The molecule has 0 spiro atoms. The van der Waals surface area contributed by atoms with E-state index in [2.05, 4.69) is 15.4 Å². The lowest BCUT2D eigenvalue weighted by Crippen LogP contribution is -2.29. The number of amides is 1. The molecule has 4 rings (SSSR count). The Kier molecular flexibility index (Phi) is 5.60. The van der Waals surface area contributed by atoms with Crippen LogP contribution < -0.4 is 14.8 Å². The van der Waals surface area contributed by atoms with Crippen LogP contribution in [0, 0.1) is 0 Å². The van der Waals surface area contributed by atoms with Crippen molar-refractivity contribution < 1.29 is 14.3 Å². The Balaban J connectivity index is 1.62. The molecule has 1 atom stereocenters. The number of hydrogen-bond donors (Lipinski definition) is 1. The number of ether oxygens (including phenoxy) is 2. The van der Waals surface area contributed by atoms with Gasteiger partial charge >= 0.3 is 0 Å². The standard InChI is InChI=1S/C20H18Cl2N4O3/c1-2-28-18-8-12(16-9-19(27)25-20-23-11-24-26(16)20)6-7-17(18)29-10-13-14(21)4-3-5-15(13)22/h3-8,11,16H,2,9-10H2,1H3,(H,23,24,25,27)/t16-/m0/s1. The van der Waals surface area contributed by atoms with Crippen molar-refractivity contribution in [2.75, 3.05) is 11.9 Å². The van der Waals surface area contributed by atoms with Crippen LogP contribution in [0.3, 0.4) is 0 Å². The first-order chi connectivity index (χ1) is 14.1. The van der Waals surface area contributed by atoms with Gasteiger partial charge < -0.3 is 9.47 Å². The van der Waals surface area contributed by atoms with Gasteiger partial charge in [0.1, 0.15) is 12.9 Å². The van der Waals surface area contributed by atoms with Gasteiger partial charge in [0.05, 0.1) is 19.1 Å². The van der Waals surface area contributed by atoms with E-state index >= 15 is 0 Å². The number of aromatic nitrogens is 3. The average molecular weight is 433 g/mol. The van der Waals surface area contributed by atoms with E-state index in [4.69, 9.17) is 32.7 Å². The molecule has 0 fully saturated rings. The summed E-state index contributed by atoms with van der Waals surface area (Å²) in [5.41, 5.74) is 1.58. The number of anilines is 1. The molecular formula is C20H18Cl2N4O3. The molecule has 2 heterocycles. The number of halogens is 2. The van der Waals surface area contributed by atoms with E-state index in [1.54, 1.807) is 22.9 Å². The van der Waals surface area contributed by atoms with Gasteiger partial charge in [-0.2, -0.15) is 10.1 Å². The maximum absolute atomic E-state index is 12.0. The fourth-order valence-electron chi connectivity index (χ4n) is 3.20. The zero-order valence-electron chi connectivity index (χ0n) is 15.6. The number of carbonyl (C=O) groups excluding carboxylic acids is 1. The van der Waals surface area contributed by atoms with Crippen LogP contribution in [0.2, 0.25) is 10.0 Å².